The van der Waals surface area contributed by atoms with Gasteiger partial charge < -0.3 is 16.3 Å². The first-order valence-corrected chi connectivity index (χ1v) is 7.96. The lowest BCUT2D eigenvalue weighted by Gasteiger charge is -2.23. The Hall–Kier alpha value is -1.23. The molecule has 0 atom stereocenters. The van der Waals surface area contributed by atoms with Crippen molar-refractivity contribution >= 4 is 22.2 Å². The first-order valence-electron chi connectivity index (χ1n) is 7.14. The van der Waals surface area contributed by atoms with Crippen molar-refractivity contribution in [2.75, 3.05) is 5.73 Å². The molecule has 0 amide bonds. The SMILES string of the molecule is NN=C(OC1CCCCC1)c1c(N)sc2c1CCC2. The maximum atomic E-state index is 6.14. The van der Waals surface area contributed by atoms with E-state index in [1.807, 2.05) is 0 Å². The van der Waals surface area contributed by atoms with Crippen LogP contribution in [0.3, 0.4) is 0 Å². The Bertz CT molecular complexity index is 489. The Morgan fingerprint density at radius 3 is 2.68 bits per heavy atom. The topological polar surface area (TPSA) is 73.6 Å². The van der Waals surface area contributed by atoms with Crippen LogP contribution in [-0.4, -0.2) is 12.0 Å². The molecule has 2 aliphatic rings. The van der Waals surface area contributed by atoms with E-state index in [4.69, 9.17) is 16.3 Å². The molecule has 0 unspecified atom stereocenters. The van der Waals surface area contributed by atoms with Gasteiger partial charge in [0.15, 0.2) is 0 Å². The minimum absolute atomic E-state index is 0.257. The van der Waals surface area contributed by atoms with Gasteiger partial charge in [-0.05, 0) is 50.5 Å². The highest BCUT2D eigenvalue weighted by Gasteiger charge is 2.27. The summed E-state index contributed by atoms with van der Waals surface area (Å²) in [6.07, 6.45) is 9.65. The average Bonchev–Trinajstić information content (AvgIpc) is 2.98. The highest BCUT2D eigenvalue weighted by atomic mass is 32.1. The quantitative estimate of drug-likeness (QED) is 0.378. The van der Waals surface area contributed by atoms with Gasteiger partial charge in [-0.3, -0.25) is 0 Å². The molecule has 4 nitrogen and oxygen atoms in total. The number of anilines is 1. The molecule has 1 saturated carbocycles. The average molecular weight is 279 g/mol. The third-order valence-corrected chi connectivity index (χ3v) is 5.23. The minimum atomic E-state index is 0.257. The van der Waals surface area contributed by atoms with Crippen molar-refractivity contribution in [1.82, 2.24) is 0 Å². The molecular formula is C14H21N3OS. The lowest BCUT2D eigenvalue weighted by molar-refractivity contribution is 0.143. The smallest absolute Gasteiger partial charge is 0.241 e. The predicted molar refractivity (Wildman–Crippen MR) is 79.4 cm³/mol. The Balaban J connectivity index is 1.82. The molecule has 2 aliphatic carbocycles. The molecule has 0 bridgehead atoms. The van der Waals surface area contributed by atoms with Crippen LogP contribution in [0.25, 0.3) is 0 Å². The van der Waals surface area contributed by atoms with Gasteiger partial charge in [0.1, 0.15) is 6.10 Å². The van der Waals surface area contributed by atoms with Gasteiger partial charge in [0.05, 0.1) is 10.6 Å². The molecule has 0 aliphatic heterocycles. The largest absolute Gasteiger partial charge is 0.473 e. The Kier molecular flexibility index (Phi) is 3.64. The van der Waals surface area contributed by atoms with Crippen LogP contribution in [0, 0.1) is 0 Å². The number of rotatable bonds is 2. The van der Waals surface area contributed by atoms with E-state index in [1.165, 1.54) is 36.1 Å². The summed E-state index contributed by atoms with van der Waals surface area (Å²) in [5, 5.41) is 4.69. The molecule has 0 radical (unpaired) electrons. The summed E-state index contributed by atoms with van der Waals surface area (Å²) in [6, 6.07) is 0. The molecule has 0 aromatic carbocycles. The number of hydrogen-bond acceptors (Lipinski definition) is 5. The monoisotopic (exact) mass is 279 g/mol. The van der Waals surface area contributed by atoms with Gasteiger partial charge in [0, 0.05) is 4.88 Å². The molecule has 0 spiro atoms. The Morgan fingerprint density at radius 1 is 1.16 bits per heavy atom. The van der Waals surface area contributed by atoms with Crippen LogP contribution < -0.4 is 11.6 Å². The second-order valence-electron chi connectivity index (χ2n) is 5.41. The van der Waals surface area contributed by atoms with E-state index in [2.05, 4.69) is 5.10 Å². The van der Waals surface area contributed by atoms with E-state index in [1.54, 1.807) is 11.3 Å². The summed E-state index contributed by atoms with van der Waals surface area (Å²) in [6.45, 7) is 0. The third-order valence-electron chi connectivity index (χ3n) is 4.11. The molecule has 1 heterocycles. The molecule has 19 heavy (non-hydrogen) atoms. The molecule has 0 saturated heterocycles. The van der Waals surface area contributed by atoms with E-state index < -0.39 is 0 Å². The fourth-order valence-corrected chi connectivity index (χ4v) is 4.31. The highest BCUT2D eigenvalue weighted by Crippen LogP contribution is 2.38. The van der Waals surface area contributed by atoms with E-state index in [0.29, 0.717) is 5.90 Å². The molecule has 1 aromatic heterocycles. The maximum absolute atomic E-state index is 6.14. The van der Waals surface area contributed by atoms with Crippen LogP contribution in [0.15, 0.2) is 5.10 Å². The van der Waals surface area contributed by atoms with Crippen LogP contribution in [-0.2, 0) is 17.6 Å². The molecule has 104 valence electrons. The predicted octanol–water partition coefficient (Wildman–Crippen LogP) is 2.79. The van der Waals surface area contributed by atoms with Gasteiger partial charge in [0.2, 0.25) is 5.90 Å². The normalized spacial score (nSPS) is 20.5. The van der Waals surface area contributed by atoms with Crippen LogP contribution in [0.1, 0.15) is 54.5 Å². The zero-order valence-electron chi connectivity index (χ0n) is 11.2. The standard InChI is InChI=1S/C14H21N3OS/c15-13-12(10-7-4-8-11(10)19-13)14(17-16)18-9-5-2-1-3-6-9/h9H,1-8,15-16H2. The first-order chi connectivity index (χ1) is 9.29. The van der Waals surface area contributed by atoms with Crippen molar-refractivity contribution < 1.29 is 4.74 Å². The number of nitrogens with zero attached hydrogens (tertiary/aromatic N) is 1. The summed E-state index contributed by atoms with van der Waals surface area (Å²) < 4.78 is 6.04. The zero-order valence-corrected chi connectivity index (χ0v) is 12.0. The van der Waals surface area contributed by atoms with E-state index in [0.717, 1.165) is 36.2 Å². The van der Waals surface area contributed by atoms with Gasteiger partial charge in [-0.2, -0.15) is 0 Å². The second-order valence-corrected chi connectivity index (χ2v) is 6.55. The fraction of sp³-hybridized carbons (Fsp3) is 0.643. The summed E-state index contributed by atoms with van der Waals surface area (Å²) in [7, 11) is 0. The summed E-state index contributed by atoms with van der Waals surface area (Å²) in [5.41, 5.74) is 8.43. The number of fused-ring (bicyclic) bond motifs is 1. The number of nitrogens with two attached hydrogens (primary N) is 2. The summed E-state index contributed by atoms with van der Waals surface area (Å²) in [5.74, 6) is 6.12. The van der Waals surface area contributed by atoms with Crippen molar-refractivity contribution in [2.45, 2.75) is 57.5 Å². The van der Waals surface area contributed by atoms with Crippen LogP contribution in [0.5, 0.6) is 0 Å². The Morgan fingerprint density at radius 2 is 1.95 bits per heavy atom. The van der Waals surface area contributed by atoms with Crippen LogP contribution >= 0.6 is 11.3 Å². The number of hydrogen-bond donors (Lipinski definition) is 2. The molecule has 1 fully saturated rings. The number of hydrazone groups is 1. The maximum Gasteiger partial charge on any atom is 0.241 e. The van der Waals surface area contributed by atoms with Gasteiger partial charge in [0.25, 0.3) is 0 Å². The molecule has 3 rings (SSSR count). The lowest BCUT2D eigenvalue weighted by atomic mass is 9.97. The third kappa shape index (κ3) is 2.43. The minimum Gasteiger partial charge on any atom is -0.473 e. The van der Waals surface area contributed by atoms with Crippen LogP contribution in [0.2, 0.25) is 0 Å². The van der Waals surface area contributed by atoms with Gasteiger partial charge in [-0.25, -0.2) is 0 Å². The van der Waals surface area contributed by atoms with Crippen molar-refractivity contribution in [2.24, 2.45) is 10.9 Å². The van der Waals surface area contributed by atoms with Gasteiger partial charge in [-0.15, -0.1) is 16.4 Å². The van der Waals surface area contributed by atoms with E-state index >= 15 is 0 Å². The number of ether oxygens (including phenoxy) is 1. The first kappa shape index (κ1) is 12.8. The van der Waals surface area contributed by atoms with E-state index in [9.17, 15) is 0 Å². The van der Waals surface area contributed by atoms with Crippen molar-refractivity contribution in [3.63, 3.8) is 0 Å². The lowest BCUT2D eigenvalue weighted by Crippen LogP contribution is -2.23. The number of nitrogen functional groups attached to an aromatic ring is 1. The molecule has 1 aromatic rings. The van der Waals surface area contributed by atoms with Crippen molar-refractivity contribution in [3.05, 3.63) is 16.0 Å². The molecular weight excluding hydrogens is 258 g/mol. The van der Waals surface area contributed by atoms with Crippen molar-refractivity contribution in [1.29, 1.82) is 0 Å². The zero-order chi connectivity index (χ0) is 13.2. The van der Waals surface area contributed by atoms with Gasteiger partial charge in [-0.1, -0.05) is 6.42 Å². The number of thiophene rings is 1. The fourth-order valence-electron chi connectivity index (χ4n) is 3.15. The van der Waals surface area contributed by atoms with Gasteiger partial charge >= 0.3 is 0 Å². The summed E-state index contributed by atoms with van der Waals surface area (Å²) >= 11 is 1.67. The number of aryl methyl sites for hydroxylation is 1. The van der Waals surface area contributed by atoms with Crippen molar-refractivity contribution in [3.8, 4) is 0 Å². The molecule has 4 N–H and O–H groups in total. The second kappa shape index (κ2) is 5.41. The highest BCUT2D eigenvalue weighted by molar-refractivity contribution is 7.16. The summed E-state index contributed by atoms with van der Waals surface area (Å²) in [4.78, 5) is 1.39. The van der Waals surface area contributed by atoms with E-state index in [-0.39, 0.29) is 6.10 Å². The van der Waals surface area contributed by atoms with Crippen LogP contribution in [0.4, 0.5) is 5.00 Å². The Labute approximate surface area is 117 Å². The molecule has 5 heteroatoms.